The maximum absolute atomic E-state index is 12.1. The highest BCUT2D eigenvalue weighted by atomic mass is 16.4. The van der Waals surface area contributed by atoms with Crippen LogP contribution in [0.15, 0.2) is 0 Å². The molecule has 2 fully saturated rings. The van der Waals surface area contributed by atoms with Crippen LogP contribution < -0.4 is 0 Å². The van der Waals surface area contributed by atoms with Gasteiger partial charge in [0, 0.05) is 31.7 Å². The highest BCUT2D eigenvalue weighted by molar-refractivity contribution is 5.81. The van der Waals surface area contributed by atoms with Crippen LogP contribution in [-0.2, 0) is 4.79 Å². The number of amides is 2. The first kappa shape index (κ1) is 12.2. The molecule has 96 valence electrons. The zero-order chi connectivity index (χ0) is 12.4. The minimum atomic E-state index is -0.969. The lowest BCUT2D eigenvalue weighted by Crippen LogP contribution is -2.45. The van der Waals surface area contributed by atoms with Crippen molar-refractivity contribution in [1.29, 1.82) is 0 Å². The minimum absolute atomic E-state index is 0.0894. The molecule has 2 aliphatic rings. The first-order valence-corrected chi connectivity index (χ1v) is 6.00. The number of rotatable bonds is 4. The van der Waals surface area contributed by atoms with Crippen molar-refractivity contribution in [3.63, 3.8) is 0 Å². The minimum Gasteiger partial charge on any atom is -0.480 e. The number of carbonyl (C=O) groups is 2. The maximum atomic E-state index is 12.1. The van der Waals surface area contributed by atoms with Crippen molar-refractivity contribution in [2.45, 2.75) is 25.3 Å². The normalized spacial score (nSPS) is 23.8. The highest BCUT2D eigenvalue weighted by Gasteiger charge is 2.37. The molecule has 2 rings (SSSR count). The number of hydrogen-bond donors (Lipinski definition) is 2. The Hall–Kier alpha value is -1.30. The topological polar surface area (TPSA) is 81.1 Å². The number of carboxylic acid groups (broad SMARTS) is 1. The van der Waals surface area contributed by atoms with Gasteiger partial charge in [0.25, 0.3) is 0 Å². The number of carboxylic acids is 1. The number of urea groups is 1. The van der Waals surface area contributed by atoms with Crippen LogP contribution in [0, 0.1) is 5.92 Å². The molecule has 0 aromatic carbocycles. The highest BCUT2D eigenvalue weighted by Crippen LogP contribution is 2.28. The Morgan fingerprint density at radius 1 is 1.29 bits per heavy atom. The molecule has 6 heteroatoms. The van der Waals surface area contributed by atoms with Crippen LogP contribution in [0.4, 0.5) is 4.79 Å². The second kappa shape index (κ2) is 4.91. The lowest BCUT2D eigenvalue weighted by Gasteiger charge is -2.26. The molecule has 0 radical (unpaired) electrons. The maximum Gasteiger partial charge on any atom is 0.323 e. The van der Waals surface area contributed by atoms with E-state index in [9.17, 15) is 9.59 Å². The number of aliphatic hydroxyl groups is 1. The van der Waals surface area contributed by atoms with Crippen molar-refractivity contribution < 1.29 is 19.8 Å². The van der Waals surface area contributed by atoms with Gasteiger partial charge in [-0.2, -0.15) is 0 Å². The SMILES string of the molecule is O=C(O)CN(C(=O)N1CCC(CO)C1)C1CC1. The van der Waals surface area contributed by atoms with Crippen LogP contribution >= 0.6 is 0 Å². The van der Waals surface area contributed by atoms with Gasteiger partial charge in [-0.15, -0.1) is 0 Å². The van der Waals surface area contributed by atoms with Crippen molar-refractivity contribution in [2.75, 3.05) is 26.2 Å². The molecular formula is C11H18N2O4. The molecule has 0 aromatic rings. The lowest BCUT2D eigenvalue weighted by molar-refractivity contribution is -0.137. The molecule has 1 unspecified atom stereocenters. The lowest BCUT2D eigenvalue weighted by atomic mass is 10.1. The fraction of sp³-hybridized carbons (Fsp3) is 0.818. The van der Waals surface area contributed by atoms with Gasteiger partial charge < -0.3 is 20.0 Å². The third kappa shape index (κ3) is 2.88. The number of aliphatic hydroxyl groups excluding tert-OH is 1. The predicted octanol–water partition coefficient (Wildman–Crippen LogP) is -0.0304. The Morgan fingerprint density at radius 2 is 2.00 bits per heavy atom. The second-order valence-electron chi connectivity index (χ2n) is 4.82. The Bertz CT molecular complexity index is 317. The van der Waals surface area contributed by atoms with E-state index >= 15 is 0 Å². The smallest absolute Gasteiger partial charge is 0.323 e. The molecule has 6 nitrogen and oxygen atoms in total. The first-order valence-electron chi connectivity index (χ1n) is 6.00. The largest absolute Gasteiger partial charge is 0.480 e. The number of nitrogens with zero attached hydrogens (tertiary/aromatic N) is 2. The van der Waals surface area contributed by atoms with Crippen LogP contribution in [-0.4, -0.2) is 64.3 Å². The van der Waals surface area contributed by atoms with Crippen molar-refractivity contribution in [2.24, 2.45) is 5.92 Å². The molecule has 0 spiro atoms. The van der Waals surface area contributed by atoms with Gasteiger partial charge in [0.05, 0.1) is 0 Å². The van der Waals surface area contributed by atoms with E-state index in [4.69, 9.17) is 10.2 Å². The van der Waals surface area contributed by atoms with E-state index < -0.39 is 5.97 Å². The standard InChI is InChI=1S/C11H18N2O4/c14-7-8-3-4-12(5-8)11(17)13(6-10(15)16)9-1-2-9/h8-9,14H,1-7H2,(H,15,16). The fourth-order valence-corrected chi connectivity index (χ4v) is 2.22. The van der Waals surface area contributed by atoms with E-state index in [0.29, 0.717) is 13.1 Å². The summed E-state index contributed by atoms with van der Waals surface area (Å²) < 4.78 is 0. The summed E-state index contributed by atoms with van der Waals surface area (Å²) in [6.45, 7) is 1.03. The Balaban J connectivity index is 1.94. The van der Waals surface area contributed by atoms with Gasteiger partial charge >= 0.3 is 12.0 Å². The van der Waals surface area contributed by atoms with E-state index in [1.165, 1.54) is 4.90 Å². The van der Waals surface area contributed by atoms with Gasteiger partial charge in [-0.3, -0.25) is 4.79 Å². The van der Waals surface area contributed by atoms with Crippen LogP contribution in [0.25, 0.3) is 0 Å². The Morgan fingerprint density at radius 3 is 2.47 bits per heavy atom. The average molecular weight is 242 g/mol. The Kier molecular flexibility index (Phi) is 3.51. The molecule has 1 saturated heterocycles. The molecule has 1 saturated carbocycles. The molecule has 0 bridgehead atoms. The molecule has 2 amide bonds. The number of carbonyl (C=O) groups excluding carboxylic acids is 1. The van der Waals surface area contributed by atoms with E-state index in [2.05, 4.69) is 0 Å². The molecule has 1 aliphatic heterocycles. The number of likely N-dealkylation sites (tertiary alicyclic amines) is 1. The van der Waals surface area contributed by atoms with Gasteiger partial charge in [-0.05, 0) is 19.3 Å². The van der Waals surface area contributed by atoms with E-state index in [1.54, 1.807) is 4.90 Å². The zero-order valence-corrected chi connectivity index (χ0v) is 9.71. The molecule has 1 aliphatic carbocycles. The predicted molar refractivity (Wildman–Crippen MR) is 59.5 cm³/mol. The summed E-state index contributed by atoms with van der Waals surface area (Å²) in [5.74, 6) is -0.826. The fourth-order valence-electron chi connectivity index (χ4n) is 2.22. The van der Waals surface area contributed by atoms with E-state index in [1.807, 2.05) is 0 Å². The number of aliphatic carboxylic acids is 1. The van der Waals surface area contributed by atoms with Crippen molar-refractivity contribution in [1.82, 2.24) is 9.80 Å². The third-order valence-corrected chi connectivity index (χ3v) is 3.35. The van der Waals surface area contributed by atoms with Gasteiger partial charge in [0.1, 0.15) is 6.54 Å². The van der Waals surface area contributed by atoms with Gasteiger partial charge in [-0.1, -0.05) is 0 Å². The van der Waals surface area contributed by atoms with Crippen LogP contribution in [0.2, 0.25) is 0 Å². The summed E-state index contributed by atoms with van der Waals surface area (Å²) in [6, 6.07) is -0.0855. The van der Waals surface area contributed by atoms with Crippen LogP contribution in [0.1, 0.15) is 19.3 Å². The summed E-state index contributed by atoms with van der Waals surface area (Å²) in [6.07, 6.45) is 2.60. The summed E-state index contributed by atoms with van der Waals surface area (Å²) in [7, 11) is 0. The van der Waals surface area contributed by atoms with E-state index in [0.717, 1.165) is 19.3 Å². The molecule has 2 N–H and O–H groups in total. The summed E-state index contributed by atoms with van der Waals surface area (Å²) >= 11 is 0. The average Bonchev–Trinajstić information content (AvgIpc) is 3.02. The summed E-state index contributed by atoms with van der Waals surface area (Å²) in [4.78, 5) is 26.0. The van der Waals surface area contributed by atoms with E-state index in [-0.39, 0.29) is 31.1 Å². The second-order valence-corrected chi connectivity index (χ2v) is 4.82. The van der Waals surface area contributed by atoms with Crippen LogP contribution in [0.3, 0.4) is 0 Å². The molecule has 17 heavy (non-hydrogen) atoms. The number of hydrogen-bond acceptors (Lipinski definition) is 3. The monoisotopic (exact) mass is 242 g/mol. The van der Waals surface area contributed by atoms with Crippen molar-refractivity contribution >= 4 is 12.0 Å². The first-order chi connectivity index (χ1) is 8.11. The summed E-state index contributed by atoms with van der Waals surface area (Å²) in [5.41, 5.74) is 0. The quantitative estimate of drug-likeness (QED) is 0.725. The third-order valence-electron chi connectivity index (χ3n) is 3.35. The van der Waals surface area contributed by atoms with Crippen LogP contribution in [0.5, 0.6) is 0 Å². The zero-order valence-electron chi connectivity index (χ0n) is 9.71. The molecule has 0 aromatic heterocycles. The Labute approximate surface area is 99.8 Å². The van der Waals surface area contributed by atoms with Gasteiger partial charge in [0.2, 0.25) is 0 Å². The van der Waals surface area contributed by atoms with Gasteiger partial charge in [-0.25, -0.2) is 4.79 Å². The van der Waals surface area contributed by atoms with Crippen molar-refractivity contribution in [3.05, 3.63) is 0 Å². The molecule has 1 atom stereocenters. The van der Waals surface area contributed by atoms with Gasteiger partial charge in [0.15, 0.2) is 0 Å². The molecule has 1 heterocycles. The molecular weight excluding hydrogens is 224 g/mol. The summed E-state index contributed by atoms with van der Waals surface area (Å²) in [5, 5.41) is 17.8. The van der Waals surface area contributed by atoms with Crippen molar-refractivity contribution in [3.8, 4) is 0 Å².